The minimum absolute atomic E-state index is 0.0346. The second kappa shape index (κ2) is 9.75. The van der Waals surface area contributed by atoms with Crippen LogP contribution in [-0.4, -0.2) is 40.9 Å². The highest BCUT2D eigenvalue weighted by Gasteiger charge is 2.29. The Balaban J connectivity index is 1.37. The van der Waals surface area contributed by atoms with Gasteiger partial charge in [-0.2, -0.15) is 0 Å². The van der Waals surface area contributed by atoms with E-state index in [-0.39, 0.29) is 17.9 Å². The van der Waals surface area contributed by atoms with Crippen molar-refractivity contribution in [3.05, 3.63) is 48.2 Å². The van der Waals surface area contributed by atoms with E-state index >= 15 is 0 Å². The molecule has 2 atom stereocenters. The van der Waals surface area contributed by atoms with Crippen LogP contribution < -0.4 is 15.4 Å². The number of ether oxygens (including phenoxy) is 1. The summed E-state index contributed by atoms with van der Waals surface area (Å²) in [7, 11) is 1.61. The summed E-state index contributed by atoms with van der Waals surface area (Å²) in [6.07, 6.45) is 12.6. The van der Waals surface area contributed by atoms with Crippen LogP contribution >= 0.6 is 0 Å². The number of amides is 1. The molecule has 2 saturated carbocycles. The predicted molar refractivity (Wildman–Crippen MR) is 135 cm³/mol. The molecule has 35 heavy (non-hydrogen) atoms. The van der Waals surface area contributed by atoms with Crippen LogP contribution in [0.1, 0.15) is 48.9 Å². The zero-order valence-corrected chi connectivity index (χ0v) is 19.7. The van der Waals surface area contributed by atoms with Crippen LogP contribution in [0.4, 0.5) is 5.95 Å². The van der Waals surface area contributed by atoms with Crippen molar-refractivity contribution in [1.82, 2.24) is 15.3 Å². The van der Waals surface area contributed by atoms with Gasteiger partial charge in [0.15, 0.2) is 5.78 Å². The third-order valence-corrected chi connectivity index (χ3v) is 6.83. The number of terminal acetylenes is 1. The lowest BCUT2D eigenvalue weighted by molar-refractivity contribution is -0.116. The molecule has 1 heterocycles. The Morgan fingerprint density at radius 1 is 1.09 bits per heavy atom. The van der Waals surface area contributed by atoms with Crippen LogP contribution in [-0.2, 0) is 4.79 Å². The van der Waals surface area contributed by atoms with Gasteiger partial charge in [0.2, 0.25) is 5.95 Å². The first-order valence-electron chi connectivity index (χ1n) is 12.1. The van der Waals surface area contributed by atoms with Crippen molar-refractivity contribution in [3.8, 4) is 29.2 Å². The topological polar surface area (TPSA) is 93.2 Å². The van der Waals surface area contributed by atoms with Crippen molar-refractivity contribution < 1.29 is 14.3 Å². The summed E-state index contributed by atoms with van der Waals surface area (Å²) in [5.41, 5.74) is 3.38. The number of Topliss-reactive ketones (excluding diaryl/α,β-unsaturated/α-hetero) is 1. The van der Waals surface area contributed by atoms with Crippen LogP contribution in [0.5, 0.6) is 5.75 Å². The molecule has 0 bridgehead atoms. The third kappa shape index (κ3) is 5.27. The number of anilines is 1. The molecule has 5 rings (SSSR count). The van der Waals surface area contributed by atoms with E-state index in [0.717, 1.165) is 54.1 Å². The number of ketones is 1. The van der Waals surface area contributed by atoms with Gasteiger partial charge in [-0.15, -0.1) is 6.42 Å². The second-order valence-electron chi connectivity index (χ2n) is 9.39. The highest BCUT2D eigenvalue weighted by molar-refractivity contribution is 5.98. The largest absolute Gasteiger partial charge is 0.497 e. The molecule has 0 saturated heterocycles. The maximum atomic E-state index is 12.7. The molecular formula is C28H28N4O3. The molecule has 178 valence electrons. The lowest BCUT2D eigenvalue weighted by Crippen LogP contribution is -2.43. The van der Waals surface area contributed by atoms with E-state index in [9.17, 15) is 9.59 Å². The lowest BCUT2D eigenvalue weighted by Gasteiger charge is -2.21. The van der Waals surface area contributed by atoms with Crippen molar-refractivity contribution >= 4 is 28.5 Å². The second-order valence-corrected chi connectivity index (χ2v) is 9.39. The van der Waals surface area contributed by atoms with Gasteiger partial charge in [-0.25, -0.2) is 9.97 Å². The zero-order valence-electron chi connectivity index (χ0n) is 19.7. The summed E-state index contributed by atoms with van der Waals surface area (Å²) in [4.78, 5) is 33.5. The van der Waals surface area contributed by atoms with Crippen LogP contribution in [0.25, 0.3) is 22.0 Å². The standard InChI is InChI=1S/C28H28N4O3/c1-3-27(34)30-24-5-4-6-25(24)32-28-29-16-21-12-18(9-10-23(21)31-28)19-13-20(15-22(14-19)35-2)26(33)11-17-7-8-17/h1,9-10,12-17,24-25H,4-8,11H2,2H3,(H,30,34)(H,29,31,32)/t24-,25+/m0/s1. The summed E-state index contributed by atoms with van der Waals surface area (Å²) in [6.45, 7) is 0. The Kier molecular flexibility index (Phi) is 6.37. The number of nitrogens with zero attached hydrogens (tertiary/aromatic N) is 2. The Labute approximate surface area is 204 Å². The van der Waals surface area contributed by atoms with Gasteiger partial charge in [-0.1, -0.05) is 6.07 Å². The first-order valence-corrected chi connectivity index (χ1v) is 12.1. The third-order valence-electron chi connectivity index (χ3n) is 6.83. The Hall–Kier alpha value is -3.92. The molecule has 2 aliphatic carbocycles. The van der Waals surface area contributed by atoms with E-state index in [2.05, 4.69) is 26.5 Å². The van der Waals surface area contributed by atoms with E-state index in [1.165, 1.54) is 0 Å². The molecule has 2 aromatic carbocycles. The Morgan fingerprint density at radius 3 is 2.69 bits per heavy atom. The molecule has 0 radical (unpaired) electrons. The first kappa shape index (κ1) is 22.9. The summed E-state index contributed by atoms with van der Waals surface area (Å²) < 4.78 is 5.47. The predicted octanol–water partition coefficient (Wildman–Crippen LogP) is 4.37. The average molecular weight is 469 g/mol. The number of carbonyl (C=O) groups excluding carboxylic acids is 2. The van der Waals surface area contributed by atoms with Crippen molar-refractivity contribution in [3.63, 3.8) is 0 Å². The van der Waals surface area contributed by atoms with E-state index in [4.69, 9.17) is 11.2 Å². The van der Waals surface area contributed by atoms with Gasteiger partial charge < -0.3 is 15.4 Å². The zero-order chi connectivity index (χ0) is 24.4. The fraction of sp³-hybridized carbons (Fsp3) is 0.357. The quantitative estimate of drug-likeness (QED) is 0.377. The van der Waals surface area contributed by atoms with Gasteiger partial charge >= 0.3 is 0 Å². The molecule has 0 aliphatic heterocycles. The fourth-order valence-electron chi connectivity index (χ4n) is 4.71. The molecule has 0 unspecified atom stereocenters. The number of nitrogens with one attached hydrogen (secondary N) is 2. The number of benzene rings is 2. The Bertz CT molecular complexity index is 1330. The monoisotopic (exact) mass is 468 g/mol. The van der Waals surface area contributed by atoms with Gasteiger partial charge in [0.05, 0.1) is 12.6 Å². The van der Waals surface area contributed by atoms with Gasteiger partial charge in [0.1, 0.15) is 5.75 Å². The normalized spacial score (nSPS) is 19.2. The SMILES string of the molecule is C#CC(=O)N[C@H]1CCC[C@H]1Nc1ncc2cc(-c3cc(OC)cc(C(=O)CC4CC4)c3)ccc2n1. The van der Waals surface area contributed by atoms with Gasteiger partial charge in [-0.3, -0.25) is 9.59 Å². The highest BCUT2D eigenvalue weighted by Crippen LogP contribution is 2.35. The number of hydrogen-bond acceptors (Lipinski definition) is 6. The maximum absolute atomic E-state index is 12.7. The molecular weight excluding hydrogens is 440 g/mol. The van der Waals surface area contributed by atoms with E-state index in [1.54, 1.807) is 13.3 Å². The fourth-order valence-corrected chi connectivity index (χ4v) is 4.71. The molecule has 2 N–H and O–H groups in total. The van der Waals surface area contributed by atoms with E-state index in [1.807, 2.05) is 36.4 Å². The summed E-state index contributed by atoms with van der Waals surface area (Å²) in [5.74, 6) is 3.60. The summed E-state index contributed by atoms with van der Waals surface area (Å²) >= 11 is 0. The number of methoxy groups -OCH3 is 1. The number of aromatic nitrogens is 2. The number of rotatable bonds is 8. The van der Waals surface area contributed by atoms with E-state index in [0.29, 0.717) is 29.6 Å². The molecule has 2 aliphatic rings. The van der Waals surface area contributed by atoms with Gasteiger partial charge in [-0.05, 0) is 85.4 Å². The Morgan fingerprint density at radius 2 is 1.91 bits per heavy atom. The van der Waals surface area contributed by atoms with E-state index < -0.39 is 5.91 Å². The molecule has 2 fully saturated rings. The average Bonchev–Trinajstić information content (AvgIpc) is 3.60. The summed E-state index contributed by atoms with van der Waals surface area (Å²) in [5, 5.41) is 7.12. The minimum Gasteiger partial charge on any atom is -0.497 e. The molecule has 1 aromatic heterocycles. The number of carbonyl (C=O) groups is 2. The van der Waals surface area contributed by atoms with Crippen molar-refractivity contribution in [2.45, 2.75) is 50.6 Å². The smallest absolute Gasteiger partial charge is 0.295 e. The van der Waals surface area contributed by atoms with Gasteiger partial charge in [0.25, 0.3) is 5.91 Å². The molecule has 1 amide bonds. The number of hydrogen-bond donors (Lipinski definition) is 2. The van der Waals surface area contributed by atoms with Gasteiger partial charge in [0, 0.05) is 35.7 Å². The number of fused-ring (bicyclic) bond motifs is 1. The summed E-state index contributed by atoms with van der Waals surface area (Å²) in [6, 6.07) is 11.7. The molecule has 7 nitrogen and oxygen atoms in total. The van der Waals surface area contributed by atoms with Crippen LogP contribution in [0.2, 0.25) is 0 Å². The first-order chi connectivity index (χ1) is 17.0. The highest BCUT2D eigenvalue weighted by atomic mass is 16.5. The van der Waals surface area contributed by atoms with Crippen LogP contribution in [0.15, 0.2) is 42.6 Å². The van der Waals surface area contributed by atoms with Crippen LogP contribution in [0.3, 0.4) is 0 Å². The molecule has 3 aromatic rings. The van der Waals surface area contributed by atoms with Crippen LogP contribution in [0, 0.1) is 18.3 Å². The minimum atomic E-state index is -0.398. The van der Waals surface area contributed by atoms with Crippen molar-refractivity contribution in [2.75, 3.05) is 12.4 Å². The van der Waals surface area contributed by atoms with Crippen molar-refractivity contribution in [1.29, 1.82) is 0 Å². The lowest BCUT2D eigenvalue weighted by atomic mass is 9.98. The molecule has 7 heteroatoms. The molecule has 0 spiro atoms. The maximum Gasteiger partial charge on any atom is 0.295 e. The van der Waals surface area contributed by atoms with Crippen molar-refractivity contribution in [2.24, 2.45) is 5.92 Å².